The Morgan fingerprint density at radius 3 is 2.32 bits per heavy atom. The zero-order chi connectivity index (χ0) is 20.0. The van der Waals surface area contributed by atoms with E-state index < -0.39 is 6.03 Å². The van der Waals surface area contributed by atoms with Crippen LogP contribution in [0.1, 0.15) is 16.7 Å². The van der Waals surface area contributed by atoms with Gasteiger partial charge in [-0.05, 0) is 36.3 Å². The number of hydrogen-bond donors (Lipinski definition) is 1. The molecule has 0 radical (unpaired) electrons. The van der Waals surface area contributed by atoms with Gasteiger partial charge in [0.05, 0.1) is 17.6 Å². The molecule has 28 heavy (non-hydrogen) atoms. The first-order valence-corrected chi connectivity index (χ1v) is 8.90. The number of imide groups is 1. The third-order valence-corrected chi connectivity index (χ3v) is 5.03. The molecule has 1 aromatic heterocycles. The fraction of sp³-hybridized carbons (Fsp3) is 0.190. The highest BCUT2D eigenvalue weighted by atomic mass is 16.2. The van der Waals surface area contributed by atoms with Crippen LogP contribution in [0.15, 0.2) is 53.0 Å². The molecule has 2 aromatic carbocycles. The molecule has 0 atom stereocenters. The second-order valence-corrected chi connectivity index (χ2v) is 7.01. The summed E-state index contributed by atoms with van der Waals surface area (Å²) in [4.78, 5) is 38.2. The lowest BCUT2D eigenvalue weighted by Crippen LogP contribution is -2.30. The van der Waals surface area contributed by atoms with Crippen LogP contribution in [-0.2, 0) is 25.4 Å². The molecular weight excluding hydrogens is 356 g/mol. The van der Waals surface area contributed by atoms with Crippen LogP contribution in [-0.4, -0.2) is 26.0 Å². The molecule has 0 unspecified atom stereocenters. The summed E-state index contributed by atoms with van der Waals surface area (Å²) >= 11 is 0. The number of fused-ring (bicyclic) bond motifs is 1. The number of benzene rings is 2. The lowest BCUT2D eigenvalue weighted by Gasteiger charge is -2.11. The van der Waals surface area contributed by atoms with Crippen LogP contribution >= 0.6 is 0 Å². The van der Waals surface area contributed by atoms with Crippen LogP contribution in [0.3, 0.4) is 0 Å². The van der Waals surface area contributed by atoms with Gasteiger partial charge in [0.25, 0.3) is 5.91 Å². The number of rotatable bonds is 3. The molecule has 1 N–H and O–H groups in total. The van der Waals surface area contributed by atoms with E-state index in [1.807, 2.05) is 49.4 Å². The summed E-state index contributed by atoms with van der Waals surface area (Å²) in [6.45, 7) is 2.20. The van der Waals surface area contributed by atoms with Gasteiger partial charge in [-0.15, -0.1) is 0 Å². The van der Waals surface area contributed by atoms with E-state index in [1.54, 1.807) is 29.3 Å². The summed E-state index contributed by atoms with van der Waals surface area (Å²) in [7, 11) is 3.42. The molecule has 1 aliphatic rings. The number of nitrogens with zero attached hydrogens (tertiary/aromatic N) is 3. The van der Waals surface area contributed by atoms with E-state index in [-0.39, 0.29) is 23.8 Å². The normalized spacial score (nSPS) is 15.7. The molecule has 0 spiro atoms. The molecule has 4 rings (SSSR count). The Morgan fingerprint density at radius 1 is 0.929 bits per heavy atom. The molecule has 1 aliphatic heterocycles. The van der Waals surface area contributed by atoms with Crippen molar-refractivity contribution in [2.75, 3.05) is 0 Å². The standard InChI is InChI=1S/C21H20N4O3/c1-13-4-6-14(7-5-13)12-25-19(26)16(22-20(25)27)10-15-8-9-17-18(11-15)24(3)21(28)23(17)2/h4-11H,12H2,1-3H3,(H,22,27). The Kier molecular flexibility index (Phi) is 4.15. The zero-order valence-electron chi connectivity index (χ0n) is 15.9. The van der Waals surface area contributed by atoms with E-state index in [4.69, 9.17) is 0 Å². The van der Waals surface area contributed by atoms with E-state index in [2.05, 4.69) is 5.32 Å². The van der Waals surface area contributed by atoms with Crippen LogP contribution in [0.4, 0.5) is 4.79 Å². The second-order valence-electron chi connectivity index (χ2n) is 7.01. The molecule has 0 aliphatic carbocycles. The quantitative estimate of drug-likeness (QED) is 0.563. The summed E-state index contributed by atoms with van der Waals surface area (Å²) in [6, 6.07) is 12.7. The lowest BCUT2D eigenvalue weighted by atomic mass is 10.1. The van der Waals surface area contributed by atoms with Crippen molar-refractivity contribution in [3.8, 4) is 0 Å². The van der Waals surface area contributed by atoms with Gasteiger partial charge in [0.1, 0.15) is 5.70 Å². The Hall–Kier alpha value is -3.61. The van der Waals surface area contributed by atoms with Crippen molar-refractivity contribution in [2.45, 2.75) is 13.5 Å². The second kappa shape index (κ2) is 6.53. The van der Waals surface area contributed by atoms with Crippen LogP contribution in [0.5, 0.6) is 0 Å². The van der Waals surface area contributed by atoms with Crippen LogP contribution in [0, 0.1) is 6.92 Å². The first kappa shape index (κ1) is 17.8. The molecule has 3 amide bonds. The van der Waals surface area contributed by atoms with Crippen molar-refractivity contribution in [2.24, 2.45) is 14.1 Å². The first-order valence-electron chi connectivity index (χ1n) is 8.90. The number of amides is 3. The zero-order valence-corrected chi connectivity index (χ0v) is 15.9. The number of aryl methyl sites for hydroxylation is 3. The van der Waals surface area contributed by atoms with Gasteiger partial charge in [-0.25, -0.2) is 9.59 Å². The van der Waals surface area contributed by atoms with E-state index >= 15 is 0 Å². The van der Waals surface area contributed by atoms with Gasteiger partial charge in [0.2, 0.25) is 0 Å². The van der Waals surface area contributed by atoms with Crippen molar-refractivity contribution in [3.63, 3.8) is 0 Å². The average Bonchev–Trinajstić information content (AvgIpc) is 3.06. The molecule has 142 valence electrons. The maximum Gasteiger partial charge on any atom is 0.329 e. The summed E-state index contributed by atoms with van der Waals surface area (Å²) in [5, 5.41) is 2.64. The molecule has 2 heterocycles. The van der Waals surface area contributed by atoms with E-state index in [1.165, 1.54) is 4.90 Å². The van der Waals surface area contributed by atoms with Crippen LogP contribution in [0.25, 0.3) is 17.1 Å². The minimum atomic E-state index is -0.440. The number of nitrogens with one attached hydrogen (secondary N) is 1. The number of carbonyl (C=O) groups excluding carboxylic acids is 2. The van der Waals surface area contributed by atoms with E-state index in [0.717, 1.165) is 27.7 Å². The van der Waals surface area contributed by atoms with Crippen LogP contribution in [0.2, 0.25) is 0 Å². The number of urea groups is 1. The SMILES string of the molecule is Cc1ccc(CN2C(=O)NC(=Cc3ccc4c(c3)n(C)c(=O)n4C)C2=O)cc1. The van der Waals surface area contributed by atoms with Crippen LogP contribution < -0.4 is 11.0 Å². The van der Waals surface area contributed by atoms with Gasteiger partial charge in [-0.3, -0.25) is 18.8 Å². The molecule has 7 nitrogen and oxygen atoms in total. The highest BCUT2D eigenvalue weighted by Gasteiger charge is 2.33. The monoisotopic (exact) mass is 376 g/mol. The topological polar surface area (TPSA) is 76.3 Å². The summed E-state index contributed by atoms with van der Waals surface area (Å²) in [5.74, 6) is -0.368. The number of hydrogen-bond acceptors (Lipinski definition) is 3. The highest BCUT2D eigenvalue weighted by molar-refractivity contribution is 6.14. The summed E-state index contributed by atoms with van der Waals surface area (Å²) in [5.41, 5.74) is 4.40. The third kappa shape index (κ3) is 2.90. The summed E-state index contributed by atoms with van der Waals surface area (Å²) in [6.07, 6.45) is 1.63. The summed E-state index contributed by atoms with van der Waals surface area (Å²) < 4.78 is 3.12. The van der Waals surface area contributed by atoms with E-state index in [0.29, 0.717) is 0 Å². The maximum absolute atomic E-state index is 12.7. The smallest absolute Gasteiger partial charge is 0.303 e. The van der Waals surface area contributed by atoms with Crippen molar-refractivity contribution >= 4 is 29.0 Å². The predicted octanol–water partition coefficient (Wildman–Crippen LogP) is 2.28. The molecular formula is C21H20N4O3. The van der Waals surface area contributed by atoms with Gasteiger partial charge in [-0.1, -0.05) is 35.9 Å². The predicted molar refractivity (Wildman–Crippen MR) is 106 cm³/mol. The Labute approximate surface area is 161 Å². The fourth-order valence-corrected chi connectivity index (χ4v) is 3.37. The molecule has 0 bridgehead atoms. The maximum atomic E-state index is 12.7. The Balaban J connectivity index is 1.63. The largest absolute Gasteiger partial charge is 0.329 e. The van der Waals surface area contributed by atoms with Gasteiger partial charge in [0.15, 0.2) is 0 Å². The first-order chi connectivity index (χ1) is 13.3. The fourth-order valence-electron chi connectivity index (χ4n) is 3.37. The molecule has 1 saturated heterocycles. The van der Waals surface area contributed by atoms with Gasteiger partial charge in [0, 0.05) is 14.1 Å². The minimum absolute atomic E-state index is 0.116. The number of carbonyl (C=O) groups is 2. The van der Waals surface area contributed by atoms with Crippen molar-refractivity contribution in [3.05, 3.63) is 75.3 Å². The van der Waals surface area contributed by atoms with Gasteiger partial charge in [-0.2, -0.15) is 0 Å². The van der Waals surface area contributed by atoms with Gasteiger partial charge >= 0.3 is 11.7 Å². The van der Waals surface area contributed by atoms with Crippen molar-refractivity contribution in [1.82, 2.24) is 19.4 Å². The third-order valence-electron chi connectivity index (χ3n) is 5.03. The highest BCUT2D eigenvalue weighted by Crippen LogP contribution is 2.20. The number of aromatic nitrogens is 2. The van der Waals surface area contributed by atoms with E-state index in [9.17, 15) is 14.4 Å². The molecule has 0 saturated carbocycles. The molecule has 7 heteroatoms. The Bertz CT molecular complexity index is 1200. The average molecular weight is 376 g/mol. The number of imidazole rings is 1. The van der Waals surface area contributed by atoms with Gasteiger partial charge < -0.3 is 5.32 Å². The lowest BCUT2D eigenvalue weighted by molar-refractivity contribution is -0.123. The van der Waals surface area contributed by atoms with Crippen molar-refractivity contribution in [1.29, 1.82) is 0 Å². The van der Waals surface area contributed by atoms with Crippen molar-refractivity contribution < 1.29 is 9.59 Å². The Morgan fingerprint density at radius 2 is 1.61 bits per heavy atom. The minimum Gasteiger partial charge on any atom is -0.303 e. The molecule has 3 aromatic rings. The molecule has 1 fully saturated rings.